The number of aryl methyl sites for hydroxylation is 1. The Kier molecular flexibility index (Phi) is 3.80. The van der Waals surface area contributed by atoms with Gasteiger partial charge in [0.15, 0.2) is 0 Å². The van der Waals surface area contributed by atoms with Crippen LogP contribution in [0, 0.1) is 12.7 Å². The van der Waals surface area contributed by atoms with Crippen molar-refractivity contribution in [3.63, 3.8) is 0 Å². The zero-order valence-electron chi connectivity index (χ0n) is 13.2. The lowest BCUT2D eigenvalue weighted by atomic mass is 9.93. The summed E-state index contributed by atoms with van der Waals surface area (Å²) in [5, 5.41) is 0. The Morgan fingerprint density at radius 2 is 2.09 bits per heavy atom. The third-order valence-corrected chi connectivity index (χ3v) is 3.63. The van der Waals surface area contributed by atoms with Crippen molar-refractivity contribution in [1.82, 2.24) is 9.97 Å². The number of hydrogen-bond acceptors (Lipinski definition) is 3. The number of aromatic nitrogens is 2. The molecule has 0 bridgehead atoms. The highest BCUT2D eigenvalue weighted by atomic mass is 19.3. The molecule has 0 saturated heterocycles. The van der Waals surface area contributed by atoms with Crippen LogP contribution in [0.3, 0.4) is 0 Å². The van der Waals surface area contributed by atoms with Crippen molar-refractivity contribution >= 4 is 11.4 Å². The molecule has 0 spiro atoms. The van der Waals surface area contributed by atoms with E-state index in [9.17, 15) is 13.2 Å². The molecule has 2 aromatic heterocycles. The number of alkyl halides is 2. The summed E-state index contributed by atoms with van der Waals surface area (Å²) in [7, 11) is 0. The molecule has 1 aliphatic heterocycles. The van der Waals surface area contributed by atoms with Crippen molar-refractivity contribution in [2.24, 2.45) is 0 Å². The summed E-state index contributed by atoms with van der Waals surface area (Å²) in [5.74, 6) is -0.311. The third-order valence-electron chi connectivity index (χ3n) is 3.63. The number of nitrogens with zero attached hydrogens (tertiary/aromatic N) is 3. The molecule has 3 rings (SSSR count). The average Bonchev–Trinajstić information content (AvgIpc) is 2.57. The molecule has 118 valence electrons. The molecular formula is C17H14F3N3. The highest BCUT2D eigenvalue weighted by Crippen LogP contribution is 2.34. The summed E-state index contributed by atoms with van der Waals surface area (Å²) in [6, 6.07) is 2.71. The van der Waals surface area contributed by atoms with Gasteiger partial charge >= 0.3 is 0 Å². The topological polar surface area (TPSA) is 29.0 Å². The van der Waals surface area contributed by atoms with Gasteiger partial charge in [0.25, 0.3) is 6.43 Å². The molecule has 0 fully saturated rings. The van der Waals surface area contributed by atoms with Crippen molar-refractivity contribution in [1.29, 1.82) is 0 Å². The van der Waals surface area contributed by atoms with E-state index in [4.69, 9.17) is 1.37 Å². The second-order valence-electron chi connectivity index (χ2n) is 5.11. The van der Waals surface area contributed by atoms with Crippen molar-refractivity contribution in [2.45, 2.75) is 19.4 Å². The lowest BCUT2D eigenvalue weighted by Gasteiger charge is -2.33. The Bertz CT molecular complexity index is 803. The number of hydrogen-bond donors (Lipinski definition) is 0. The molecule has 6 heteroatoms. The fraction of sp³-hybridized carbons (Fsp3) is 0.176. The van der Waals surface area contributed by atoms with E-state index in [0.717, 1.165) is 6.20 Å². The molecule has 1 aliphatic rings. The second-order valence-corrected chi connectivity index (χ2v) is 5.11. The van der Waals surface area contributed by atoms with Gasteiger partial charge in [0.2, 0.25) is 0 Å². The van der Waals surface area contributed by atoms with Crippen LogP contribution in [0.5, 0.6) is 0 Å². The number of allylic oxidation sites excluding steroid dienone is 2. The molecule has 1 atom stereocenters. The van der Waals surface area contributed by atoms with E-state index < -0.39 is 18.3 Å². The van der Waals surface area contributed by atoms with Crippen molar-refractivity contribution < 1.29 is 14.5 Å². The zero-order valence-corrected chi connectivity index (χ0v) is 12.2. The summed E-state index contributed by atoms with van der Waals surface area (Å²) < 4.78 is 48.4. The molecule has 2 aromatic rings. The van der Waals surface area contributed by atoms with E-state index in [0.29, 0.717) is 16.7 Å². The predicted molar refractivity (Wildman–Crippen MR) is 82.6 cm³/mol. The molecule has 3 nitrogen and oxygen atoms in total. The minimum Gasteiger partial charge on any atom is -0.320 e. The number of pyridine rings is 2. The molecule has 23 heavy (non-hydrogen) atoms. The van der Waals surface area contributed by atoms with E-state index in [-0.39, 0.29) is 12.0 Å². The van der Waals surface area contributed by atoms with Crippen LogP contribution < -0.4 is 4.90 Å². The monoisotopic (exact) mass is 318 g/mol. The van der Waals surface area contributed by atoms with Crippen LogP contribution in [0.15, 0.2) is 55.1 Å². The fourth-order valence-corrected chi connectivity index (χ4v) is 2.56. The standard InChI is InChI=1S/C17H14F3N3/c1-11-9-21-7-6-13(11)14-3-2-8-23(16(14)17(19)20)15-5-4-12(18)10-22-15/h2-10,16-17H,1H3/i7D. The first-order chi connectivity index (χ1) is 11.5. The first kappa shape index (κ1) is 14.0. The van der Waals surface area contributed by atoms with Gasteiger partial charge in [-0.15, -0.1) is 0 Å². The fourth-order valence-electron chi connectivity index (χ4n) is 2.56. The van der Waals surface area contributed by atoms with Gasteiger partial charge < -0.3 is 4.90 Å². The van der Waals surface area contributed by atoms with Crippen molar-refractivity contribution in [3.05, 3.63) is 72.1 Å². The van der Waals surface area contributed by atoms with Crippen LogP contribution in [-0.2, 0) is 0 Å². The number of anilines is 1. The summed E-state index contributed by atoms with van der Waals surface area (Å²) >= 11 is 0. The third kappa shape index (κ3) is 2.97. The van der Waals surface area contributed by atoms with Crippen molar-refractivity contribution in [3.8, 4) is 0 Å². The van der Waals surface area contributed by atoms with Gasteiger partial charge in [-0.05, 0) is 47.9 Å². The van der Waals surface area contributed by atoms with Gasteiger partial charge in [0.05, 0.1) is 7.57 Å². The first-order valence-electron chi connectivity index (χ1n) is 7.47. The predicted octanol–water partition coefficient (Wildman–Crippen LogP) is 3.98. The molecule has 0 aliphatic carbocycles. The molecule has 3 heterocycles. The Labute approximate surface area is 133 Å². The minimum absolute atomic E-state index is 0.00512. The molecular weight excluding hydrogens is 303 g/mol. The summed E-state index contributed by atoms with van der Waals surface area (Å²) in [6.07, 6.45) is 4.49. The Morgan fingerprint density at radius 3 is 2.78 bits per heavy atom. The van der Waals surface area contributed by atoms with Crippen LogP contribution in [0.25, 0.3) is 5.57 Å². The van der Waals surface area contributed by atoms with E-state index in [1.807, 2.05) is 0 Å². The Morgan fingerprint density at radius 1 is 1.26 bits per heavy atom. The quantitative estimate of drug-likeness (QED) is 0.857. The van der Waals surface area contributed by atoms with E-state index in [2.05, 4.69) is 9.97 Å². The van der Waals surface area contributed by atoms with E-state index >= 15 is 0 Å². The summed E-state index contributed by atoms with van der Waals surface area (Å²) in [4.78, 5) is 9.06. The van der Waals surface area contributed by atoms with E-state index in [1.165, 1.54) is 35.5 Å². The van der Waals surface area contributed by atoms with Crippen LogP contribution in [-0.4, -0.2) is 22.4 Å². The van der Waals surface area contributed by atoms with E-state index in [1.54, 1.807) is 19.1 Å². The number of rotatable bonds is 3. The first-order valence-corrected chi connectivity index (χ1v) is 6.97. The van der Waals surface area contributed by atoms with Gasteiger partial charge in [0, 0.05) is 18.6 Å². The normalized spacial score (nSPS) is 18.1. The highest BCUT2D eigenvalue weighted by molar-refractivity contribution is 5.78. The van der Waals surface area contributed by atoms with Crippen LogP contribution in [0.1, 0.15) is 12.5 Å². The lowest BCUT2D eigenvalue weighted by Crippen LogP contribution is -2.39. The number of halogens is 3. The Hall–Kier alpha value is -2.63. The smallest absolute Gasteiger partial charge is 0.263 e. The molecule has 0 N–H and O–H groups in total. The van der Waals surface area contributed by atoms with Crippen molar-refractivity contribution in [2.75, 3.05) is 4.90 Å². The van der Waals surface area contributed by atoms with Gasteiger partial charge in [-0.1, -0.05) is 6.08 Å². The Balaban J connectivity index is 2.06. The highest BCUT2D eigenvalue weighted by Gasteiger charge is 2.33. The summed E-state index contributed by atoms with van der Waals surface area (Å²) in [5.41, 5.74) is 1.61. The van der Waals surface area contributed by atoms with Gasteiger partial charge in [-0.2, -0.15) is 0 Å². The van der Waals surface area contributed by atoms with Gasteiger partial charge in [-0.3, -0.25) is 4.98 Å². The van der Waals surface area contributed by atoms with Crippen LogP contribution in [0.4, 0.5) is 19.0 Å². The largest absolute Gasteiger partial charge is 0.320 e. The SMILES string of the molecule is [2H]c1cc(C2=CC=CN(c3ccc(F)cn3)C2C(F)F)c(C)cn1. The molecule has 0 radical (unpaired) electrons. The maximum Gasteiger partial charge on any atom is 0.263 e. The van der Waals surface area contributed by atoms with Crippen LogP contribution in [0.2, 0.25) is 0 Å². The molecule has 1 unspecified atom stereocenters. The maximum absolute atomic E-state index is 13.8. The van der Waals surface area contributed by atoms with Gasteiger partial charge in [0.1, 0.15) is 17.7 Å². The molecule has 0 amide bonds. The average molecular weight is 318 g/mol. The lowest BCUT2D eigenvalue weighted by molar-refractivity contribution is 0.135. The maximum atomic E-state index is 13.8. The van der Waals surface area contributed by atoms with Crippen LogP contribution >= 0.6 is 0 Å². The zero-order chi connectivity index (χ0) is 17.3. The second kappa shape index (κ2) is 6.24. The minimum atomic E-state index is -2.70. The molecule has 0 aromatic carbocycles. The summed E-state index contributed by atoms with van der Waals surface area (Å²) in [6.45, 7) is 1.75. The molecule has 0 saturated carbocycles. The van der Waals surface area contributed by atoms with Gasteiger partial charge in [-0.25, -0.2) is 18.2 Å².